The molecular formula is C12H14ClN3OS. The van der Waals surface area contributed by atoms with E-state index < -0.39 is 0 Å². The minimum absolute atomic E-state index is 0.337. The molecule has 1 heterocycles. The zero-order valence-electron chi connectivity index (χ0n) is 10.2. The highest BCUT2D eigenvalue weighted by Gasteiger charge is 2.07. The lowest BCUT2D eigenvalue weighted by molar-refractivity contribution is 0.289. The van der Waals surface area contributed by atoms with Gasteiger partial charge in [0.25, 0.3) is 0 Å². The molecule has 0 aliphatic heterocycles. The number of hydrogen-bond donors (Lipinski definition) is 1. The second-order valence-electron chi connectivity index (χ2n) is 3.91. The summed E-state index contributed by atoms with van der Waals surface area (Å²) in [5, 5.41) is 7.48. The Bertz CT molecular complexity index is 606. The molecule has 0 atom stereocenters. The number of H-pyrrole nitrogens is 1. The number of aromatic amines is 1. The molecule has 4 nitrogen and oxygen atoms in total. The molecule has 0 amide bonds. The van der Waals surface area contributed by atoms with Crippen LogP contribution in [0.4, 0.5) is 0 Å². The van der Waals surface area contributed by atoms with Gasteiger partial charge < -0.3 is 9.30 Å². The lowest BCUT2D eigenvalue weighted by Crippen LogP contribution is -2.06. The van der Waals surface area contributed by atoms with E-state index in [4.69, 9.17) is 28.6 Å². The molecule has 6 heteroatoms. The van der Waals surface area contributed by atoms with Crippen LogP contribution in [0.25, 0.3) is 0 Å². The number of hydrogen-bond acceptors (Lipinski definition) is 3. The number of rotatable bonds is 4. The fourth-order valence-corrected chi connectivity index (χ4v) is 2.10. The zero-order valence-corrected chi connectivity index (χ0v) is 11.8. The maximum atomic E-state index is 6.06. The Balaban J connectivity index is 2.16. The van der Waals surface area contributed by atoms with Crippen molar-refractivity contribution in [3.8, 4) is 5.75 Å². The van der Waals surface area contributed by atoms with Crippen molar-refractivity contribution in [3.05, 3.63) is 39.4 Å². The molecule has 0 spiro atoms. The number of benzene rings is 1. The summed E-state index contributed by atoms with van der Waals surface area (Å²) >= 11 is 11.2. The summed E-state index contributed by atoms with van der Waals surface area (Å²) < 4.78 is 8.17. The van der Waals surface area contributed by atoms with Gasteiger partial charge in [-0.1, -0.05) is 17.7 Å². The van der Waals surface area contributed by atoms with E-state index in [0.717, 1.165) is 17.9 Å². The molecule has 2 aromatic rings. The van der Waals surface area contributed by atoms with E-state index in [1.54, 1.807) is 0 Å². The first-order valence-corrected chi connectivity index (χ1v) is 6.43. The Hall–Kier alpha value is -1.33. The molecule has 2 rings (SSSR count). The van der Waals surface area contributed by atoms with E-state index in [2.05, 4.69) is 10.2 Å². The quantitative estimate of drug-likeness (QED) is 0.873. The van der Waals surface area contributed by atoms with Crippen LogP contribution in [0.1, 0.15) is 18.3 Å². The third-order valence-electron chi connectivity index (χ3n) is 2.60. The third-order valence-corrected chi connectivity index (χ3v) is 3.22. The van der Waals surface area contributed by atoms with E-state index in [0.29, 0.717) is 22.2 Å². The van der Waals surface area contributed by atoms with Crippen molar-refractivity contribution in [3.63, 3.8) is 0 Å². The molecule has 0 bridgehead atoms. The summed E-state index contributed by atoms with van der Waals surface area (Å²) in [4.78, 5) is 0. The van der Waals surface area contributed by atoms with Crippen molar-refractivity contribution in [2.24, 2.45) is 0 Å². The van der Waals surface area contributed by atoms with Crippen molar-refractivity contribution in [2.75, 3.05) is 0 Å². The second kappa shape index (κ2) is 5.54. The van der Waals surface area contributed by atoms with Gasteiger partial charge in [-0.2, -0.15) is 5.10 Å². The number of aromatic nitrogens is 3. The lowest BCUT2D eigenvalue weighted by atomic mass is 10.2. The topological polar surface area (TPSA) is 42.8 Å². The SMILES string of the molecule is CCn1c(COc2cc(C)ccc2Cl)n[nH]c1=S. The van der Waals surface area contributed by atoms with Gasteiger partial charge in [-0.3, -0.25) is 5.10 Å². The van der Waals surface area contributed by atoms with Crippen LogP contribution in [-0.2, 0) is 13.2 Å². The van der Waals surface area contributed by atoms with Gasteiger partial charge in [-0.05, 0) is 43.8 Å². The van der Waals surface area contributed by atoms with Crippen molar-refractivity contribution in [2.45, 2.75) is 27.0 Å². The van der Waals surface area contributed by atoms with Crippen molar-refractivity contribution >= 4 is 23.8 Å². The highest BCUT2D eigenvalue weighted by atomic mass is 35.5. The van der Waals surface area contributed by atoms with E-state index >= 15 is 0 Å². The molecule has 0 aliphatic carbocycles. The summed E-state index contributed by atoms with van der Waals surface area (Å²) in [6.07, 6.45) is 0. The molecule has 0 saturated carbocycles. The molecule has 0 unspecified atom stereocenters. The molecule has 96 valence electrons. The first-order valence-electron chi connectivity index (χ1n) is 5.65. The van der Waals surface area contributed by atoms with Crippen LogP contribution in [0.2, 0.25) is 5.02 Å². The van der Waals surface area contributed by atoms with Crippen LogP contribution in [-0.4, -0.2) is 14.8 Å². The minimum Gasteiger partial charge on any atom is -0.484 e. The molecule has 0 aliphatic rings. The predicted octanol–water partition coefficient (Wildman–Crippen LogP) is 3.50. The zero-order chi connectivity index (χ0) is 13.1. The molecule has 1 aromatic carbocycles. The Morgan fingerprint density at radius 2 is 2.28 bits per heavy atom. The van der Waals surface area contributed by atoms with E-state index in [-0.39, 0.29) is 0 Å². The summed E-state index contributed by atoms with van der Waals surface area (Å²) in [6, 6.07) is 5.67. The lowest BCUT2D eigenvalue weighted by Gasteiger charge is -2.09. The molecular weight excluding hydrogens is 270 g/mol. The standard InChI is InChI=1S/C12H14ClN3OS/c1-3-16-11(14-15-12(16)18)7-17-10-6-8(2)4-5-9(10)13/h4-6H,3,7H2,1-2H3,(H,15,18). The van der Waals surface area contributed by atoms with Crippen LogP contribution in [0.15, 0.2) is 18.2 Å². The van der Waals surface area contributed by atoms with E-state index in [9.17, 15) is 0 Å². The van der Waals surface area contributed by atoms with Crippen LogP contribution < -0.4 is 4.74 Å². The first kappa shape index (κ1) is 13.1. The average molecular weight is 284 g/mol. The summed E-state index contributed by atoms with van der Waals surface area (Å²) in [7, 11) is 0. The summed E-state index contributed by atoms with van der Waals surface area (Å²) in [5.41, 5.74) is 1.10. The molecule has 0 saturated heterocycles. The Morgan fingerprint density at radius 3 is 3.00 bits per heavy atom. The third kappa shape index (κ3) is 2.73. The van der Waals surface area contributed by atoms with Crippen LogP contribution >= 0.6 is 23.8 Å². The van der Waals surface area contributed by atoms with Gasteiger partial charge in [0.1, 0.15) is 12.4 Å². The Morgan fingerprint density at radius 1 is 1.50 bits per heavy atom. The van der Waals surface area contributed by atoms with Gasteiger partial charge in [0.15, 0.2) is 10.6 Å². The van der Waals surface area contributed by atoms with Gasteiger partial charge >= 0.3 is 0 Å². The number of nitrogens with one attached hydrogen (secondary N) is 1. The largest absolute Gasteiger partial charge is 0.484 e. The highest BCUT2D eigenvalue weighted by molar-refractivity contribution is 7.71. The maximum absolute atomic E-state index is 6.06. The summed E-state index contributed by atoms with van der Waals surface area (Å²) in [5.74, 6) is 1.42. The first-order chi connectivity index (χ1) is 8.61. The predicted molar refractivity (Wildman–Crippen MR) is 73.6 cm³/mol. The maximum Gasteiger partial charge on any atom is 0.195 e. The van der Waals surface area contributed by atoms with E-state index in [1.165, 1.54) is 0 Å². The number of ether oxygens (including phenoxy) is 1. The molecule has 0 fully saturated rings. The smallest absolute Gasteiger partial charge is 0.195 e. The summed E-state index contributed by atoms with van der Waals surface area (Å²) in [6.45, 7) is 5.10. The normalized spacial score (nSPS) is 10.6. The fraction of sp³-hybridized carbons (Fsp3) is 0.333. The number of aryl methyl sites for hydroxylation is 1. The van der Waals surface area contributed by atoms with Gasteiger partial charge in [0, 0.05) is 6.54 Å². The number of halogens is 1. The van der Waals surface area contributed by atoms with Gasteiger partial charge in [0.2, 0.25) is 0 Å². The Labute approximate surface area is 116 Å². The van der Waals surface area contributed by atoms with Crippen molar-refractivity contribution in [1.29, 1.82) is 0 Å². The van der Waals surface area contributed by atoms with Crippen LogP contribution in [0.5, 0.6) is 5.75 Å². The Kier molecular flexibility index (Phi) is 4.04. The highest BCUT2D eigenvalue weighted by Crippen LogP contribution is 2.25. The average Bonchev–Trinajstić information content (AvgIpc) is 2.71. The second-order valence-corrected chi connectivity index (χ2v) is 4.71. The van der Waals surface area contributed by atoms with Crippen molar-refractivity contribution < 1.29 is 4.74 Å². The van der Waals surface area contributed by atoms with Gasteiger partial charge in [-0.25, -0.2) is 0 Å². The van der Waals surface area contributed by atoms with Gasteiger partial charge in [-0.15, -0.1) is 0 Å². The monoisotopic (exact) mass is 283 g/mol. The molecule has 18 heavy (non-hydrogen) atoms. The van der Waals surface area contributed by atoms with Crippen molar-refractivity contribution in [1.82, 2.24) is 14.8 Å². The molecule has 1 aromatic heterocycles. The van der Waals surface area contributed by atoms with Gasteiger partial charge in [0.05, 0.1) is 5.02 Å². The van der Waals surface area contributed by atoms with Crippen LogP contribution in [0.3, 0.4) is 0 Å². The molecule has 1 N–H and O–H groups in total. The van der Waals surface area contributed by atoms with E-state index in [1.807, 2.05) is 36.6 Å². The minimum atomic E-state index is 0.337. The molecule has 0 radical (unpaired) electrons. The number of nitrogens with zero attached hydrogens (tertiary/aromatic N) is 2. The van der Waals surface area contributed by atoms with Crippen LogP contribution in [0, 0.1) is 11.7 Å². The fourth-order valence-electron chi connectivity index (χ4n) is 1.65.